The van der Waals surface area contributed by atoms with Crippen molar-refractivity contribution in [3.63, 3.8) is 0 Å². The van der Waals surface area contributed by atoms with Crippen LogP contribution in [0.1, 0.15) is 27.1 Å². The van der Waals surface area contributed by atoms with Gasteiger partial charge in [0.2, 0.25) is 0 Å². The van der Waals surface area contributed by atoms with Gasteiger partial charge in [0.15, 0.2) is 5.78 Å². The monoisotopic (exact) mass is 334 g/mol. The van der Waals surface area contributed by atoms with Gasteiger partial charge in [-0.25, -0.2) is 4.79 Å². The zero-order valence-electron chi connectivity index (χ0n) is 7.67. The number of carboxylic acids is 1. The van der Waals surface area contributed by atoms with Gasteiger partial charge in [-0.1, -0.05) is 31.9 Å². The number of carbonyl (C=O) groups excluding carboxylic acids is 1. The molecular formula is C10H8Br2O3. The number of alkyl halides is 1. The summed E-state index contributed by atoms with van der Waals surface area (Å²) in [7, 11) is 0. The molecule has 0 saturated carbocycles. The number of benzene rings is 1. The number of aromatic carboxylic acids is 1. The van der Waals surface area contributed by atoms with E-state index >= 15 is 0 Å². The van der Waals surface area contributed by atoms with Gasteiger partial charge in [0.1, 0.15) is 0 Å². The predicted molar refractivity (Wildman–Crippen MR) is 63.8 cm³/mol. The standard InChI is InChI=1S/C10H8Br2O3/c11-4-3-9(13)8-5-6(12)1-2-7(8)10(14)15/h1-2,5H,3-4H2,(H,14,15). The summed E-state index contributed by atoms with van der Waals surface area (Å²) in [5, 5.41) is 9.42. The molecule has 1 rings (SSSR count). The summed E-state index contributed by atoms with van der Waals surface area (Å²) in [4.78, 5) is 22.5. The second-order valence-electron chi connectivity index (χ2n) is 2.86. The molecule has 0 aromatic heterocycles. The Bertz CT molecular complexity index is 402. The molecule has 0 fully saturated rings. The summed E-state index contributed by atoms with van der Waals surface area (Å²) in [6.07, 6.45) is 0.288. The van der Waals surface area contributed by atoms with Crippen LogP contribution >= 0.6 is 31.9 Å². The minimum absolute atomic E-state index is 0.0455. The maximum absolute atomic E-state index is 11.6. The molecule has 80 valence electrons. The van der Waals surface area contributed by atoms with Crippen LogP contribution in [0, 0.1) is 0 Å². The van der Waals surface area contributed by atoms with Gasteiger partial charge in [0.05, 0.1) is 5.56 Å². The topological polar surface area (TPSA) is 54.4 Å². The molecule has 0 aliphatic carbocycles. The molecule has 0 bridgehead atoms. The van der Waals surface area contributed by atoms with Crippen molar-refractivity contribution in [2.45, 2.75) is 6.42 Å². The average molecular weight is 336 g/mol. The molecule has 0 heterocycles. The van der Waals surface area contributed by atoms with Gasteiger partial charge in [-0.05, 0) is 18.2 Å². The van der Waals surface area contributed by atoms with Crippen LogP contribution < -0.4 is 0 Å². The van der Waals surface area contributed by atoms with E-state index in [1.807, 2.05) is 0 Å². The number of hydrogen-bond donors (Lipinski definition) is 1. The van der Waals surface area contributed by atoms with Gasteiger partial charge in [0, 0.05) is 21.8 Å². The Hall–Kier alpha value is -0.680. The lowest BCUT2D eigenvalue weighted by atomic mass is 10.0. The fourth-order valence-corrected chi connectivity index (χ4v) is 1.88. The summed E-state index contributed by atoms with van der Waals surface area (Å²) in [5.74, 6) is -1.26. The first-order valence-electron chi connectivity index (χ1n) is 4.18. The number of hydrogen-bond acceptors (Lipinski definition) is 2. The van der Waals surface area contributed by atoms with Crippen LogP contribution in [-0.2, 0) is 0 Å². The maximum Gasteiger partial charge on any atom is 0.336 e. The number of carbonyl (C=O) groups is 2. The Morgan fingerprint density at radius 1 is 1.27 bits per heavy atom. The molecule has 0 aliphatic heterocycles. The Labute approximate surface area is 104 Å². The van der Waals surface area contributed by atoms with Gasteiger partial charge in [-0.2, -0.15) is 0 Å². The summed E-state index contributed by atoms with van der Waals surface area (Å²) < 4.78 is 0.699. The number of ketones is 1. The lowest BCUT2D eigenvalue weighted by Gasteiger charge is -2.04. The van der Waals surface area contributed by atoms with Crippen LogP contribution in [0.25, 0.3) is 0 Å². The van der Waals surface area contributed by atoms with Gasteiger partial charge >= 0.3 is 5.97 Å². The van der Waals surface area contributed by atoms with E-state index in [4.69, 9.17) is 5.11 Å². The lowest BCUT2D eigenvalue weighted by Crippen LogP contribution is -2.08. The SMILES string of the molecule is O=C(O)c1ccc(Br)cc1C(=O)CCBr. The summed E-state index contributed by atoms with van der Waals surface area (Å²) in [5.41, 5.74) is 0.292. The first-order valence-corrected chi connectivity index (χ1v) is 6.09. The van der Waals surface area contributed by atoms with Crippen LogP contribution in [0.15, 0.2) is 22.7 Å². The molecule has 1 aromatic carbocycles. The highest BCUT2D eigenvalue weighted by Crippen LogP contribution is 2.18. The lowest BCUT2D eigenvalue weighted by molar-refractivity contribution is 0.0692. The van der Waals surface area contributed by atoms with Crippen LogP contribution in [0.4, 0.5) is 0 Å². The molecule has 0 saturated heterocycles. The molecule has 1 N–H and O–H groups in total. The Morgan fingerprint density at radius 3 is 2.47 bits per heavy atom. The third-order valence-electron chi connectivity index (χ3n) is 1.83. The Balaban J connectivity index is 3.18. The summed E-state index contributed by atoms with van der Waals surface area (Å²) in [6, 6.07) is 4.57. The van der Waals surface area contributed by atoms with Crippen LogP contribution in [0.3, 0.4) is 0 Å². The highest BCUT2D eigenvalue weighted by molar-refractivity contribution is 9.10. The van der Waals surface area contributed by atoms with E-state index in [1.54, 1.807) is 6.07 Å². The molecule has 0 spiro atoms. The number of carboxylic acid groups (broad SMARTS) is 1. The van der Waals surface area contributed by atoms with Crippen LogP contribution in [0.5, 0.6) is 0 Å². The highest BCUT2D eigenvalue weighted by atomic mass is 79.9. The molecule has 0 radical (unpaired) electrons. The molecule has 0 unspecified atom stereocenters. The first kappa shape index (κ1) is 12.4. The maximum atomic E-state index is 11.6. The molecule has 0 aliphatic rings. The van der Waals surface area contributed by atoms with Gasteiger partial charge in [-0.3, -0.25) is 4.79 Å². The van der Waals surface area contributed by atoms with Gasteiger partial charge in [-0.15, -0.1) is 0 Å². The fraction of sp³-hybridized carbons (Fsp3) is 0.200. The molecule has 5 heteroatoms. The predicted octanol–water partition coefficient (Wildman–Crippen LogP) is 3.12. The average Bonchev–Trinajstić information content (AvgIpc) is 2.17. The van der Waals surface area contributed by atoms with E-state index in [0.717, 1.165) is 0 Å². The second kappa shape index (κ2) is 5.42. The van der Waals surface area contributed by atoms with E-state index in [-0.39, 0.29) is 23.3 Å². The smallest absolute Gasteiger partial charge is 0.336 e. The van der Waals surface area contributed by atoms with Crippen molar-refractivity contribution in [2.75, 3.05) is 5.33 Å². The summed E-state index contributed by atoms with van der Waals surface area (Å²) >= 11 is 6.36. The molecule has 0 amide bonds. The largest absolute Gasteiger partial charge is 0.478 e. The fourth-order valence-electron chi connectivity index (χ4n) is 1.15. The van der Waals surface area contributed by atoms with E-state index in [0.29, 0.717) is 9.80 Å². The molecular weight excluding hydrogens is 328 g/mol. The molecule has 0 atom stereocenters. The quantitative estimate of drug-likeness (QED) is 0.679. The normalized spacial score (nSPS) is 10.0. The van der Waals surface area contributed by atoms with Gasteiger partial charge < -0.3 is 5.11 Å². The third kappa shape index (κ3) is 3.14. The summed E-state index contributed by atoms with van der Waals surface area (Å²) in [6.45, 7) is 0. The van der Waals surface area contributed by atoms with Crippen molar-refractivity contribution in [1.29, 1.82) is 0 Å². The van der Waals surface area contributed by atoms with Crippen molar-refractivity contribution < 1.29 is 14.7 Å². The van der Waals surface area contributed by atoms with Crippen LogP contribution in [0.2, 0.25) is 0 Å². The zero-order chi connectivity index (χ0) is 11.4. The second-order valence-corrected chi connectivity index (χ2v) is 4.57. The number of halogens is 2. The Kier molecular flexibility index (Phi) is 4.47. The number of Topliss-reactive ketones (excluding diaryl/α,β-unsaturated/α-hetero) is 1. The van der Waals surface area contributed by atoms with Crippen molar-refractivity contribution in [2.24, 2.45) is 0 Å². The number of rotatable bonds is 4. The zero-order valence-corrected chi connectivity index (χ0v) is 10.8. The van der Waals surface area contributed by atoms with E-state index < -0.39 is 5.97 Å². The highest BCUT2D eigenvalue weighted by Gasteiger charge is 2.15. The Morgan fingerprint density at radius 2 is 1.93 bits per heavy atom. The van der Waals surface area contributed by atoms with Crippen molar-refractivity contribution >= 4 is 43.6 Å². The third-order valence-corrected chi connectivity index (χ3v) is 2.72. The van der Waals surface area contributed by atoms with E-state index in [1.165, 1.54) is 12.1 Å². The van der Waals surface area contributed by atoms with Crippen molar-refractivity contribution in [1.82, 2.24) is 0 Å². The van der Waals surface area contributed by atoms with Crippen LogP contribution in [-0.4, -0.2) is 22.2 Å². The van der Waals surface area contributed by atoms with Crippen molar-refractivity contribution in [3.05, 3.63) is 33.8 Å². The minimum atomic E-state index is -1.08. The molecule has 15 heavy (non-hydrogen) atoms. The van der Waals surface area contributed by atoms with Crippen molar-refractivity contribution in [3.8, 4) is 0 Å². The molecule has 3 nitrogen and oxygen atoms in total. The molecule has 1 aromatic rings. The van der Waals surface area contributed by atoms with E-state index in [9.17, 15) is 9.59 Å². The van der Waals surface area contributed by atoms with E-state index in [2.05, 4.69) is 31.9 Å². The first-order chi connectivity index (χ1) is 7.06. The van der Waals surface area contributed by atoms with Gasteiger partial charge in [0.25, 0.3) is 0 Å². The minimum Gasteiger partial charge on any atom is -0.478 e.